The molecule has 7 heterocycles. The largest absolute Gasteiger partial charge is 0.459 e. The molecular formula is C52H80O14. The van der Waals surface area contributed by atoms with Gasteiger partial charge in [0.2, 0.25) is 5.79 Å². The molecule has 5 N–H and O–H groups in total. The van der Waals surface area contributed by atoms with Gasteiger partial charge in [-0.3, -0.25) is 0 Å². The molecule has 0 saturated carbocycles. The highest BCUT2D eigenvalue weighted by Gasteiger charge is 2.55. The fourth-order valence-corrected chi connectivity index (χ4v) is 11.3. The molecular weight excluding hydrogens is 849 g/mol. The van der Waals surface area contributed by atoms with Gasteiger partial charge in [-0.2, -0.15) is 0 Å². The number of rotatable bonds is 15. The van der Waals surface area contributed by atoms with E-state index < -0.39 is 71.7 Å². The Balaban J connectivity index is 0.897. The van der Waals surface area contributed by atoms with Gasteiger partial charge in [-0.1, -0.05) is 63.3 Å². The quantitative estimate of drug-likeness (QED) is 0.0674. The minimum atomic E-state index is -1.83. The number of hydrogen-bond acceptors (Lipinski definition) is 14. The van der Waals surface area contributed by atoms with Crippen molar-refractivity contribution >= 4 is 5.97 Å². The van der Waals surface area contributed by atoms with E-state index in [0.717, 1.165) is 56.3 Å². The molecule has 0 unspecified atom stereocenters. The molecule has 0 bridgehead atoms. The number of allylic oxidation sites excluding steroid dienone is 2. The van der Waals surface area contributed by atoms with Gasteiger partial charge >= 0.3 is 5.97 Å². The van der Waals surface area contributed by atoms with Crippen LogP contribution >= 0.6 is 0 Å². The lowest BCUT2D eigenvalue weighted by Crippen LogP contribution is -2.60. The molecule has 7 rings (SSSR count). The van der Waals surface area contributed by atoms with Crippen molar-refractivity contribution in [3.05, 3.63) is 59.8 Å². The van der Waals surface area contributed by atoms with E-state index in [0.29, 0.717) is 62.9 Å². The molecule has 6 saturated heterocycles. The van der Waals surface area contributed by atoms with Crippen LogP contribution in [-0.2, 0) is 42.7 Å². The summed E-state index contributed by atoms with van der Waals surface area (Å²) in [7, 11) is 0. The van der Waals surface area contributed by atoms with Crippen LogP contribution < -0.4 is 0 Å². The monoisotopic (exact) mass is 929 g/mol. The fraction of sp³-hybridized carbons (Fsp3) is 0.788. The predicted molar refractivity (Wildman–Crippen MR) is 246 cm³/mol. The zero-order valence-corrected chi connectivity index (χ0v) is 40.3. The number of carbonyl (C=O) groups is 1. The molecule has 17 atom stereocenters. The Bertz CT molecular complexity index is 1780. The lowest BCUT2D eigenvalue weighted by atomic mass is 9.79. The van der Waals surface area contributed by atoms with Crippen LogP contribution in [0.2, 0.25) is 0 Å². The Morgan fingerprint density at radius 1 is 1.02 bits per heavy atom. The number of fused-ring (bicyclic) bond motifs is 1. The number of aliphatic hydroxyl groups is 5. The van der Waals surface area contributed by atoms with Crippen molar-refractivity contribution in [3.63, 3.8) is 0 Å². The van der Waals surface area contributed by atoms with Gasteiger partial charge in [-0.25, -0.2) is 4.79 Å². The SMILES string of the molecule is C=C1[C@@H](O)[C@@H]2O[C@]3(CC[C@H](C=C[C@@H](C)[C@@H]4CC(C)=C[C@@]5(O[C@H](C[C@@](C)(O)C(=O)OC/C(C)=C/C=C/CCO)CC[C@H]5O)O4)O3)CC[C@H]2O[C@@H]1[C@@H](O)C[C@H](C)[C@H]1O[C@@]2(CCCCO2)CC[C@H]1C. The van der Waals surface area contributed by atoms with Crippen molar-refractivity contribution in [1.29, 1.82) is 0 Å². The Morgan fingerprint density at radius 2 is 1.79 bits per heavy atom. The maximum absolute atomic E-state index is 13.0. The number of carbonyl (C=O) groups excluding carboxylic acids is 1. The maximum atomic E-state index is 13.0. The van der Waals surface area contributed by atoms with Crippen molar-refractivity contribution in [3.8, 4) is 0 Å². The van der Waals surface area contributed by atoms with E-state index in [9.17, 15) is 25.2 Å². The molecule has 0 aromatic carbocycles. The third-order valence-corrected chi connectivity index (χ3v) is 15.2. The molecule has 14 heteroatoms. The van der Waals surface area contributed by atoms with Crippen LogP contribution in [0.4, 0.5) is 0 Å². The molecule has 14 nitrogen and oxygen atoms in total. The first kappa shape index (κ1) is 51.5. The van der Waals surface area contributed by atoms with E-state index in [1.807, 2.05) is 32.1 Å². The van der Waals surface area contributed by atoms with E-state index in [-0.39, 0.29) is 49.8 Å². The van der Waals surface area contributed by atoms with Gasteiger partial charge in [0.25, 0.3) is 0 Å². The van der Waals surface area contributed by atoms with Crippen molar-refractivity contribution in [1.82, 2.24) is 0 Å². The first-order chi connectivity index (χ1) is 31.4. The summed E-state index contributed by atoms with van der Waals surface area (Å²) >= 11 is 0. The summed E-state index contributed by atoms with van der Waals surface area (Å²) in [5, 5.41) is 54.7. The van der Waals surface area contributed by atoms with Crippen molar-refractivity contribution in [2.45, 2.75) is 222 Å². The molecule has 0 amide bonds. The van der Waals surface area contributed by atoms with Crippen LogP contribution in [0.15, 0.2) is 59.8 Å². The van der Waals surface area contributed by atoms with Crippen molar-refractivity contribution in [2.24, 2.45) is 17.8 Å². The van der Waals surface area contributed by atoms with Gasteiger partial charge in [0.1, 0.15) is 31.0 Å². The van der Waals surface area contributed by atoms with Crippen LogP contribution in [0, 0.1) is 17.8 Å². The molecule has 0 aromatic rings. The first-order valence-corrected chi connectivity index (χ1v) is 25.0. The number of aliphatic hydroxyl groups excluding tert-OH is 4. The van der Waals surface area contributed by atoms with Crippen molar-refractivity contribution < 1.29 is 68.2 Å². The Labute approximate surface area is 392 Å². The second kappa shape index (κ2) is 21.8. The summed E-state index contributed by atoms with van der Waals surface area (Å²) in [4.78, 5) is 13.0. The zero-order chi connectivity index (χ0) is 47.4. The van der Waals surface area contributed by atoms with E-state index in [1.54, 1.807) is 12.2 Å². The maximum Gasteiger partial charge on any atom is 0.338 e. The number of ether oxygens (including phenoxy) is 8. The zero-order valence-electron chi connectivity index (χ0n) is 40.3. The highest BCUT2D eigenvalue weighted by atomic mass is 16.7. The van der Waals surface area contributed by atoms with E-state index in [4.69, 9.17) is 43.0 Å². The van der Waals surface area contributed by atoms with E-state index >= 15 is 0 Å². The molecule has 372 valence electrons. The number of hydrogen-bond donors (Lipinski definition) is 5. The highest BCUT2D eigenvalue weighted by molar-refractivity contribution is 5.78. The molecule has 0 radical (unpaired) electrons. The van der Waals surface area contributed by atoms with E-state index in [2.05, 4.69) is 33.4 Å². The summed E-state index contributed by atoms with van der Waals surface area (Å²) in [5.74, 6) is -3.30. The lowest BCUT2D eigenvalue weighted by molar-refractivity contribution is -0.321. The Kier molecular flexibility index (Phi) is 17.0. The van der Waals surface area contributed by atoms with Crippen LogP contribution in [0.25, 0.3) is 0 Å². The second-order valence-corrected chi connectivity index (χ2v) is 21.1. The third kappa shape index (κ3) is 12.0. The summed E-state index contributed by atoms with van der Waals surface area (Å²) in [6, 6.07) is 0. The fourth-order valence-electron chi connectivity index (χ4n) is 11.3. The topological polar surface area (TPSA) is 192 Å². The molecule has 6 fully saturated rings. The normalized spacial score (nSPS) is 41.2. The van der Waals surface area contributed by atoms with Crippen molar-refractivity contribution in [2.75, 3.05) is 19.8 Å². The summed E-state index contributed by atoms with van der Waals surface area (Å²) < 4.78 is 51.2. The van der Waals surface area contributed by atoms with Crippen LogP contribution in [-0.4, -0.2) is 135 Å². The van der Waals surface area contributed by atoms with E-state index in [1.165, 1.54) is 6.92 Å². The standard InChI is InChI=1S/C52H80O14/c1-32(13-9-8-11-25-53)31-59-48(57)49(7,58)30-39-16-17-43(55)52(63-39)29-33(2)27-42(64-52)34(3)14-15-38-19-23-51(62-38)24-20-41-47(66-51)44(56)37(6)46(61-41)40(54)28-36(5)45-35(4)18-22-50(65-45)21-10-12-26-60-50/h8-9,13-15,29,34-36,38-47,53-56,58H,6,10-12,16-28,30-31H2,1-5,7H3/b9-8+,15-14?,32-13+/t34-,35-,36+,38+,39+,40+,41-,42+,43-,44-,45+,46+,47-,49-,50+,51-,52-/m1/s1. The molecule has 7 aliphatic heterocycles. The Morgan fingerprint density at radius 3 is 2.55 bits per heavy atom. The lowest BCUT2D eigenvalue weighted by Gasteiger charge is -2.50. The third-order valence-electron chi connectivity index (χ3n) is 15.2. The minimum Gasteiger partial charge on any atom is -0.459 e. The average Bonchev–Trinajstić information content (AvgIpc) is 3.68. The molecule has 7 aliphatic rings. The summed E-state index contributed by atoms with van der Waals surface area (Å²) in [6.45, 7) is 16.6. The highest BCUT2D eigenvalue weighted by Crippen LogP contribution is 2.47. The molecule has 66 heavy (non-hydrogen) atoms. The second-order valence-electron chi connectivity index (χ2n) is 21.1. The van der Waals surface area contributed by atoms with Crippen LogP contribution in [0.1, 0.15) is 138 Å². The van der Waals surface area contributed by atoms with Gasteiger partial charge < -0.3 is 63.4 Å². The van der Waals surface area contributed by atoms with Crippen LogP contribution in [0.5, 0.6) is 0 Å². The van der Waals surface area contributed by atoms with Crippen LogP contribution in [0.3, 0.4) is 0 Å². The Hall–Kier alpha value is -2.31. The van der Waals surface area contributed by atoms with Gasteiger partial charge in [-0.05, 0) is 114 Å². The van der Waals surface area contributed by atoms with Gasteiger partial charge in [0, 0.05) is 44.6 Å². The summed E-state index contributed by atoms with van der Waals surface area (Å²) in [5.41, 5.74) is 0.374. The summed E-state index contributed by atoms with van der Waals surface area (Å²) in [6.07, 6.45) is 15.4. The van der Waals surface area contributed by atoms with Gasteiger partial charge in [0.15, 0.2) is 17.2 Å². The predicted octanol–water partition coefficient (Wildman–Crippen LogP) is 6.56. The smallest absolute Gasteiger partial charge is 0.338 e. The first-order valence-electron chi connectivity index (χ1n) is 25.0. The molecule has 0 aliphatic carbocycles. The average molecular weight is 929 g/mol. The number of esters is 1. The van der Waals surface area contributed by atoms with Gasteiger partial charge in [-0.15, -0.1) is 0 Å². The minimum absolute atomic E-state index is 0.0140. The molecule has 3 spiro atoms. The molecule has 0 aromatic heterocycles. The van der Waals surface area contributed by atoms with Gasteiger partial charge in [0.05, 0.1) is 43.2 Å².